The Bertz CT molecular complexity index is 1070. The van der Waals surface area contributed by atoms with Gasteiger partial charge in [-0.15, -0.1) is 5.10 Å². The second-order valence-electron chi connectivity index (χ2n) is 6.11. The average molecular weight is 382 g/mol. The zero-order valence-corrected chi connectivity index (χ0v) is 13.8. The first-order chi connectivity index (χ1) is 12.7. The maximum absolute atomic E-state index is 13.6. The quantitative estimate of drug-likeness (QED) is 0.624. The topological polar surface area (TPSA) is 50.5 Å². The molecule has 5 nitrogen and oxygen atoms in total. The number of para-hydroxylation sites is 1. The number of benzene rings is 1. The molecule has 0 atom stereocenters. The van der Waals surface area contributed by atoms with Crippen molar-refractivity contribution >= 4 is 22.9 Å². The highest BCUT2D eigenvalue weighted by molar-refractivity contribution is 6.10. The first kappa shape index (κ1) is 17.4. The molecule has 4 rings (SSSR count). The lowest BCUT2D eigenvalue weighted by Crippen LogP contribution is -2.24. The highest BCUT2D eigenvalue weighted by Gasteiger charge is 2.39. The van der Waals surface area contributed by atoms with Crippen molar-refractivity contribution in [2.75, 3.05) is 4.90 Å². The molecule has 3 aromatic rings. The zero-order chi connectivity index (χ0) is 19.5. The van der Waals surface area contributed by atoms with Crippen molar-refractivity contribution in [3.63, 3.8) is 0 Å². The fraction of sp³-hybridized carbons (Fsp3) is 0.235. The number of hydrogen-bond acceptors (Lipinski definition) is 3. The van der Waals surface area contributed by atoms with Gasteiger partial charge in [0.15, 0.2) is 5.65 Å². The number of amides is 1. The fourth-order valence-corrected chi connectivity index (χ4v) is 3.26. The summed E-state index contributed by atoms with van der Waals surface area (Å²) in [6, 6.07) is 6.04. The van der Waals surface area contributed by atoms with Gasteiger partial charge in [0.1, 0.15) is 5.69 Å². The summed E-state index contributed by atoms with van der Waals surface area (Å²) in [5.74, 6) is -1.99. The number of anilines is 2. The number of pyridine rings is 1. The van der Waals surface area contributed by atoms with Crippen LogP contribution in [0.5, 0.6) is 0 Å². The van der Waals surface area contributed by atoms with Crippen LogP contribution in [0.15, 0.2) is 30.5 Å². The Morgan fingerprint density at radius 3 is 2.56 bits per heavy atom. The van der Waals surface area contributed by atoms with Gasteiger partial charge in [0.05, 0.1) is 12.1 Å². The van der Waals surface area contributed by atoms with E-state index in [0.717, 1.165) is 21.7 Å². The highest BCUT2D eigenvalue weighted by Crippen LogP contribution is 2.43. The Kier molecular flexibility index (Phi) is 3.69. The summed E-state index contributed by atoms with van der Waals surface area (Å²) < 4.78 is 67.0. The molecule has 10 heteroatoms. The number of alkyl halides is 5. The lowest BCUT2D eigenvalue weighted by molar-refractivity contribution is -0.144. The smallest absolute Gasteiger partial charge is 0.276 e. The summed E-state index contributed by atoms with van der Waals surface area (Å²) in [6.45, 7) is 1.69. The van der Waals surface area contributed by atoms with Gasteiger partial charge in [0.25, 0.3) is 12.2 Å². The summed E-state index contributed by atoms with van der Waals surface area (Å²) in [5.41, 5.74) is 0.203. The summed E-state index contributed by atoms with van der Waals surface area (Å²) in [7, 11) is 0. The molecule has 0 spiro atoms. The van der Waals surface area contributed by atoms with E-state index in [1.54, 1.807) is 25.1 Å². The van der Waals surface area contributed by atoms with Crippen molar-refractivity contribution in [2.24, 2.45) is 0 Å². The van der Waals surface area contributed by atoms with Crippen LogP contribution in [0.4, 0.5) is 33.3 Å². The lowest BCUT2D eigenvalue weighted by atomic mass is 10.1. The van der Waals surface area contributed by atoms with Gasteiger partial charge < -0.3 is 0 Å². The van der Waals surface area contributed by atoms with Crippen LogP contribution in [0.25, 0.3) is 5.65 Å². The monoisotopic (exact) mass is 382 g/mol. The highest BCUT2D eigenvalue weighted by atomic mass is 19.4. The number of hydrogen-bond donors (Lipinski definition) is 0. The van der Waals surface area contributed by atoms with Crippen molar-refractivity contribution in [3.8, 4) is 0 Å². The second-order valence-corrected chi connectivity index (χ2v) is 6.11. The molecule has 0 radical (unpaired) electrons. The lowest BCUT2D eigenvalue weighted by Gasteiger charge is -2.22. The molecule has 0 bridgehead atoms. The molecule has 140 valence electrons. The van der Waals surface area contributed by atoms with Gasteiger partial charge in [-0.25, -0.2) is 18.3 Å². The van der Waals surface area contributed by atoms with Crippen LogP contribution in [0.2, 0.25) is 0 Å². The molecule has 0 N–H and O–H groups in total. The predicted molar refractivity (Wildman–Crippen MR) is 85.0 cm³/mol. The van der Waals surface area contributed by atoms with E-state index in [9.17, 15) is 26.7 Å². The van der Waals surface area contributed by atoms with Crippen LogP contribution in [0, 0.1) is 6.92 Å². The second kappa shape index (κ2) is 5.73. The first-order valence-electron chi connectivity index (χ1n) is 7.84. The van der Waals surface area contributed by atoms with E-state index in [2.05, 4.69) is 10.1 Å². The Labute approximate surface area is 149 Å². The van der Waals surface area contributed by atoms with Gasteiger partial charge in [0.2, 0.25) is 5.91 Å². The molecule has 0 saturated heterocycles. The number of fused-ring (bicyclic) bond motifs is 2. The largest absolute Gasteiger partial charge is 0.453 e. The van der Waals surface area contributed by atoms with Gasteiger partial charge in [-0.2, -0.15) is 13.2 Å². The molecule has 27 heavy (non-hydrogen) atoms. The van der Waals surface area contributed by atoms with E-state index < -0.39 is 35.5 Å². The Hall–Kier alpha value is -3.04. The van der Waals surface area contributed by atoms with E-state index in [1.807, 2.05) is 0 Å². The molecular weight excluding hydrogens is 371 g/mol. The fourth-order valence-electron chi connectivity index (χ4n) is 3.26. The summed E-state index contributed by atoms with van der Waals surface area (Å²) >= 11 is 0. The molecule has 0 saturated carbocycles. The third-order valence-electron chi connectivity index (χ3n) is 4.36. The zero-order valence-electron chi connectivity index (χ0n) is 13.8. The van der Waals surface area contributed by atoms with Crippen molar-refractivity contribution in [2.45, 2.75) is 25.9 Å². The van der Waals surface area contributed by atoms with Crippen molar-refractivity contribution in [1.82, 2.24) is 14.6 Å². The molecular formula is C17H11F5N4O. The molecule has 1 aliphatic rings. The van der Waals surface area contributed by atoms with Crippen LogP contribution in [-0.2, 0) is 17.4 Å². The first-order valence-corrected chi connectivity index (χ1v) is 7.84. The normalized spacial score (nSPS) is 14.5. The average Bonchev–Trinajstić information content (AvgIpc) is 3.15. The van der Waals surface area contributed by atoms with E-state index in [1.165, 1.54) is 0 Å². The minimum Gasteiger partial charge on any atom is -0.276 e. The number of nitrogens with zero attached hydrogens (tertiary/aromatic N) is 4. The molecule has 2 aromatic heterocycles. The molecule has 3 heterocycles. The SMILES string of the molecule is Cc1cccc2c1N(c1c(C(F)F)ccn3nc(C(F)(F)F)nc13)C(=O)C2. The number of rotatable bonds is 2. The number of carbonyl (C=O) groups is 1. The predicted octanol–water partition coefficient (Wildman–Crippen LogP) is 4.21. The minimum absolute atomic E-state index is 0.0407. The van der Waals surface area contributed by atoms with Gasteiger partial charge in [-0.1, -0.05) is 18.2 Å². The van der Waals surface area contributed by atoms with E-state index in [4.69, 9.17) is 0 Å². The molecule has 1 aromatic carbocycles. The third kappa shape index (κ3) is 2.63. The van der Waals surface area contributed by atoms with Gasteiger partial charge in [-0.05, 0) is 24.1 Å². The van der Waals surface area contributed by atoms with Gasteiger partial charge in [0, 0.05) is 11.8 Å². The van der Waals surface area contributed by atoms with Crippen LogP contribution in [0.1, 0.15) is 28.9 Å². The van der Waals surface area contributed by atoms with Gasteiger partial charge >= 0.3 is 6.18 Å². The number of aromatic nitrogens is 3. The summed E-state index contributed by atoms with van der Waals surface area (Å²) in [6.07, 6.45) is -6.93. The molecule has 0 unspecified atom stereocenters. The molecule has 1 aliphatic heterocycles. The Morgan fingerprint density at radius 2 is 1.89 bits per heavy atom. The Morgan fingerprint density at radius 1 is 1.15 bits per heavy atom. The summed E-state index contributed by atoms with van der Waals surface area (Å²) in [4.78, 5) is 17.0. The third-order valence-corrected chi connectivity index (χ3v) is 4.36. The van der Waals surface area contributed by atoms with Crippen LogP contribution < -0.4 is 4.90 Å². The van der Waals surface area contributed by atoms with Gasteiger partial charge in [-0.3, -0.25) is 9.69 Å². The minimum atomic E-state index is -4.85. The number of halogens is 5. The van der Waals surface area contributed by atoms with Crippen molar-refractivity contribution in [3.05, 3.63) is 53.0 Å². The molecule has 0 aliphatic carbocycles. The Balaban J connectivity index is 2.05. The van der Waals surface area contributed by atoms with Crippen LogP contribution in [-0.4, -0.2) is 20.5 Å². The maximum Gasteiger partial charge on any atom is 0.453 e. The van der Waals surface area contributed by atoms with E-state index in [-0.39, 0.29) is 12.1 Å². The van der Waals surface area contributed by atoms with E-state index in [0.29, 0.717) is 16.8 Å². The molecule has 0 fully saturated rings. The van der Waals surface area contributed by atoms with Crippen LogP contribution in [0.3, 0.4) is 0 Å². The standard InChI is InChI=1S/C17H11F5N4O/c1-8-3-2-4-9-7-11(27)26(12(8)9)13-10(14(18)19)5-6-25-15(13)23-16(24-25)17(20,21)22/h2-6,14H,7H2,1H3. The molecule has 1 amide bonds. The van der Waals surface area contributed by atoms with Crippen molar-refractivity contribution < 1.29 is 26.7 Å². The number of carbonyl (C=O) groups excluding carboxylic acids is 1. The maximum atomic E-state index is 13.6. The summed E-state index contributed by atoms with van der Waals surface area (Å²) in [5, 5.41) is 3.32. The van der Waals surface area contributed by atoms with Crippen molar-refractivity contribution in [1.29, 1.82) is 0 Å². The van der Waals surface area contributed by atoms with Crippen LogP contribution >= 0.6 is 0 Å². The van der Waals surface area contributed by atoms with E-state index >= 15 is 0 Å². The number of aryl methyl sites for hydroxylation is 1.